The maximum atomic E-state index is 12.4. The van der Waals surface area contributed by atoms with Gasteiger partial charge in [-0.1, -0.05) is 12.1 Å². The number of benzene rings is 1. The number of hydrogen-bond donors (Lipinski definition) is 2. The highest BCUT2D eigenvalue weighted by atomic mass is 32.2. The van der Waals surface area contributed by atoms with Crippen molar-refractivity contribution < 1.29 is 13.2 Å². The van der Waals surface area contributed by atoms with Crippen LogP contribution in [0.3, 0.4) is 0 Å². The van der Waals surface area contributed by atoms with Crippen molar-refractivity contribution in [3.8, 4) is 11.1 Å². The van der Waals surface area contributed by atoms with Crippen LogP contribution < -0.4 is 10.9 Å². The highest BCUT2D eigenvalue weighted by molar-refractivity contribution is 7.94. The highest BCUT2D eigenvalue weighted by Gasteiger charge is 2.24. The van der Waals surface area contributed by atoms with Crippen molar-refractivity contribution in [2.75, 3.05) is 5.75 Å². The summed E-state index contributed by atoms with van der Waals surface area (Å²) in [4.78, 5) is 27.5. The Morgan fingerprint density at radius 2 is 2.11 bits per heavy atom. The summed E-state index contributed by atoms with van der Waals surface area (Å²) in [6.45, 7) is 0. The van der Waals surface area contributed by atoms with Gasteiger partial charge in [-0.15, -0.1) is 0 Å². The second-order valence-electron chi connectivity index (χ2n) is 6.45. The number of aromatic nitrogens is 3. The molecule has 27 heavy (non-hydrogen) atoms. The molecule has 2 N–H and O–H groups in total. The lowest BCUT2D eigenvalue weighted by molar-refractivity contribution is 0.0946. The topological polar surface area (TPSA) is 114 Å². The minimum atomic E-state index is -3.29. The summed E-state index contributed by atoms with van der Waals surface area (Å²) in [6, 6.07) is 6.38. The summed E-state index contributed by atoms with van der Waals surface area (Å²) in [5.41, 5.74) is 1.81. The van der Waals surface area contributed by atoms with Gasteiger partial charge < -0.3 is 10.3 Å². The molecule has 3 aromatic rings. The number of fused-ring (bicyclic) bond motifs is 1. The first-order valence-electron chi connectivity index (χ1n) is 8.19. The molecule has 1 amide bonds. The summed E-state index contributed by atoms with van der Waals surface area (Å²) in [5.74, 6) is -0.806. The van der Waals surface area contributed by atoms with Crippen LogP contribution >= 0.6 is 0 Å². The van der Waals surface area contributed by atoms with E-state index in [2.05, 4.69) is 15.4 Å². The van der Waals surface area contributed by atoms with E-state index in [0.717, 1.165) is 16.5 Å². The fourth-order valence-corrected chi connectivity index (χ4v) is 4.27. The molecule has 9 heteroatoms. The molecule has 2 aromatic heterocycles. The van der Waals surface area contributed by atoms with Crippen molar-refractivity contribution in [1.82, 2.24) is 20.1 Å². The normalized spacial score (nSPS) is 18.0. The van der Waals surface area contributed by atoms with Gasteiger partial charge in [0.1, 0.15) is 5.56 Å². The molecule has 1 aliphatic heterocycles. The molecule has 138 valence electrons. The monoisotopic (exact) mass is 384 g/mol. The molecule has 0 saturated heterocycles. The van der Waals surface area contributed by atoms with Gasteiger partial charge in [0, 0.05) is 29.7 Å². The molecule has 0 fully saturated rings. The number of hydrogen-bond acceptors (Lipinski definition) is 5. The fourth-order valence-electron chi connectivity index (χ4n) is 3.03. The van der Waals surface area contributed by atoms with E-state index in [4.69, 9.17) is 0 Å². The highest BCUT2D eigenvalue weighted by Crippen LogP contribution is 2.22. The SMILES string of the molecule is Cn1cc(-c2ccc3cc(C(=O)NC4C=CS(=O)(=O)C4)c(=O)[nH]c3c2)cn1. The van der Waals surface area contributed by atoms with E-state index in [-0.39, 0.29) is 11.3 Å². The second-order valence-corrected chi connectivity index (χ2v) is 8.39. The minimum Gasteiger partial charge on any atom is -0.345 e. The fraction of sp³-hybridized carbons (Fsp3) is 0.167. The van der Waals surface area contributed by atoms with Gasteiger partial charge in [-0.25, -0.2) is 8.42 Å². The first-order valence-corrected chi connectivity index (χ1v) is 9.90. The molecular weight excluding hydrogens is 368 g/mol. The molecule has 1 atom stereocenters. The van der Waals surface area contributed by atoms with Gasteiger partial charge in [0.15, 0.2) is 9.84 Å². The number of rotatable bonds is 3. The summed E-state index contributed by atoms with van der Waals surface area (Å²) in [6.07, 6.45) is 5.00. The maximum Gasteiger partial charge on any atom is 0.261 e. The molecule has 3 heterocycles. The van der Waals surface area contributed by atoms with Crippen LogP contribution in [0.2, 0.25) is 0 Å². The zero-order valence-corrected chi connectivity index (χ0v) is 15.2. The Balaban J connectivity index is 1.65. The van der Waals surface area contributed by atoms with Crippen LogP contribution in [0.25, 0.3) is 22.0 Å². The Labute approximate surface area is 154 Å². The standard InChI is InChI=1S/C18H16N4O4S/c1-22-9-13(8-19-22)11-2-3-12-6-15(18(24)21-16(12)7-11)17(23)20-14-4-5-27(25,26)10-14/h2-9,14H,10H2,1H3,(H,20,23)(H,21,24). The molecule has 1 unspecified atom stereocenters. The summed E-state index contributed by atoms with van der Waals surface area (Å²) in [5, 5.41) is 8.46. The molecular formula is C18H16N4O4S. The van der Waals surface area contributed by atoms with Crippen molar-refractivity contribution in [3.05, 3.63) is 64.1 Å². The van der Waals surface area contributed by atoms with Gasteiger partial charge in [-0.3, -0.25) is 14.3 Å². The number of nitrogens with zero attached hydrogens (tertiary/aromatic N) is 2. The summed E-state index contributed by atoms with van der Waals surface area (Å²) < 4.78 is 24.6. The van der Waals surface area contributed by atoms with Crippen molar-refractivity contribution in [2.24, 2.45) is 7.05 Å². The van der Waals surface area contributed by atoms with Crippen LogP contribution in [0.4, 0.5) is 0 Å². The molecule has 4 rings (SSSR count). The van der Waals surface area contributed by atoms with E-state index >= 15 is 0 Å². The minimum absolute atomic E-state index is 0.0608. The van der Waals surface area contributed by atoms with Crippen LogP contribution in [-0.4, -0.2) is 40.9 Å². The first kappa shape index (κ1) is 17.2. The Morgan fingerprint density at radius 3 is 2.78 bits per heavy atom. The number of sulfone groups is 1. The Morgan fingerprint density at radius 1 is 1.30 bits per heavy atom. The van der Waals surface area contributed by atoms with Crippen molar-refractivity contribution in [3.63, 3.8) is 0 Å². The summed E-state index contributed by atoms with van der Waals surface area (Å²) >= 11 is 0. The third kappa shape index (κ3) is 3.41. The number of amides is 1. The van der Waals surface area contributed by atoms with Gasteiger partial charge in [0.05, 0.1) is 18.0 Å². The van der Waals surface area contributed by atoms with Gasteiger partial charge in [-0.2, -0.15) is 5.10 Å². The average molecular weight is 384 g/mol. The van der Waals surface area contributed by atoms with Crippen LogP contribution in [-0.2, 0) is 16.9 Å². The third-order valence-electron chi connectivity index (χ3n) is 4.38. The smallest absolute Gasteiger partial charge is 0.261 e. The molecule has 1 aromatic carbocycles. The lowest BCUT2D eigenvalue weighted by Gasteiger charge is -2.10. The quantitative estimate of drug-likeness (QED) is 0.698. The third-order valence-corrected chi connectivity index (χ3v) is 5.77. The number of aryl methyl sites for hydroxylation is 1. The molecule has 1 aliphatic rings. The van der Waals surface area contributed by atoms with Crippen molar-refractivity contribution in [2.45, 2.75) is 6.04 Å². The van der Waals surface area contributed by atoms with E-state index in [1.54, 1.807) is 10.9 Å². The maximum absolute atomic E-state index is 12.4. The van der Waals surface area contributed by atoms with E-state index in [9.17, 15) is 18.0 Å². The molecule has 0 radical (unpaired) electrons. The molecule has 0 bridgehead atoms. The zero-order valence-electron chi connectivity index (χ0n) is 14.3. The van der Waals surface area contributed by atoms with Crippen molar-refractivity contribution >= 4 is 26.6 Å². The average Bonchev–Trinajstić information content (AvgIpc) is 3.18. The predicted molar refractivity (Wildman–Crippen MR) is 101 cm³/mol. The Hall–Kier alpha value is -3.20. The summed E-state index contributed by atoms with van der Waals surface area (Å²) in [7, 11) is -1.46. The first-order chi connectivity index (χ1) is 12.8. The molecule has 8 nitrogen and oxygen atoms in total. The number of carbonyl (C=O) groups excluding carboxylic acids is 1. The number of aromatic amines is 1. The van der Waals surface area contributed by atoms with E-state index in [1.807, 2.05) is 31.4 Å². The lowest BCUT2D eigenvalue weighted by Crippen LogP contribution is -2.38. The van der Waals surface area contributed by atoms with Crippen LogP contribution in [0.1, 0.15) is 10.4 Å². The Kier molecular flexibility index (Phi) is 3.96. The second kappa shape index (κ2) is 6.20. The van der Waals surface area contributed by atoms with Crippen LogP contribution in [0, 0.1) is 0 Å². The molecule has 0 saturated carbocycles. The number of nitrogens with one attached hydrogen (secondary N) is 2. The molecule has 0 spiro atoms. The number of carbonyl (C=O) groups is 1. The van der Waals surface area contributed by atoms with Crippen LogP contribution in [0.15, 0.2) is 52.9 Å². The zero-order chi connectivity index (χ0) is 19.2. The molecule has 0 aliphatic carbocycles. The van der Waals surface area contributed by atoms with Gasteiger partial charge >= 0.3 is 0 Å². The van der Waals surface area contributed by atoms with Gasteiger partial charge in [-0.05, 0) is 29.2 Å². The van der Waals surface area contributed by atoms with E-state index in [1.165, 1.54) is 12.1 Å². The number of pyridine rings is 1. The van der Waals surface area contributed by atoms with E-state index < -0.39 is 27.3 Å². The Bertz CT molecular complexity index is 1250. The van der Waals surface area contributed by atoms with Gasteiger partial charge in [0.25, 0.3) is 11.5 Å². The van der Waals surface area contributed by atoms with Crippen LogP contribution in [0.5, 0.6) is 0 Å². The largest absolute Gasteiger partial charge is 0.345 e. The lowest BCUT2D eigenvalue weighted by atomic mass is 10.1. The van der Waals surface area contributed by atoms with Gasteiger partial charge in [0.2, 0.25) is 0 Å². The van der Waals surface area contributed by atoms with Crippen molar-refractivity contribution in [1.29, 1.82) is 0 Å². The predicted octanol–water partition coefficient (Wildman–Crippen LogP) is 0.969. The van der Waals surface area contributed by atoms with E-state index in [0.29, 0.717) is 10.9 Å². The number of H-pyrrole nitrogens is 1.